The standard InChI is InChI=1S/C29H50N3O8P/c1-3-4-5-6-7-8-9-10-11-12-13-14-15-16-19-37-41(36,38-20-17-18-30)40-25-21-27(39-26(25)23-33)32-22-24(2)28(34)31-29(32)35/h22,25-27,33H,3-17,19-21,23H2,1-2H3,(H,31,34,35)/t25-,26+,27+,41?/m0/s1. The van der Waals surface area contributed by atoms with Gasteiger partial charge in [0.15, 0.2) is 0 Å². The minimum atomic E-state index is -4.07. The molecule has 41 heavy (non-hydrogen) atoms. The van der Waals surface area contributed by atoms with Gasteiger partial charge < -0.3 is 9.84 Å². The fourth-order valence-corrected chi connectivity index (χ4v) is 6.30. The van der Waals surface area contributed by atoms with Crippen molar-refractivity contribution in [3.63, 3.8) is 0 Å². The summed E-state index contributed by atoms with van der Waals surface area (Å²) >= 11 is 0. The third-order valence-corrected chi connectivity index (χ3v) is 8.82. The van der Waals surface area contributed by atoms with Crippen molar-refractivity contribution in [3.05, 3.63) is 32.6 Å². The maximum atomic E-state index is 13.4. The minimum Gasteiger partial charge on any atom is -0.394 e. The molecule has 1 fully saturated rings. The quantitative estimate of drug-likeness (QED) is 0.113. The summed E-state index contributed by atoms with van der Waals surface area (Å²) in [4.78, 5) is 26.2. The van der Waals surface area contributed by atoms with E-state index in [0.29, 0.717) is 12.0 Å². The van der Waals surface area contributed by atoms with Crippen LogP contribution in [-0.2, 0) is 22.9 Å². The van der Waals surface area contributed by atoms with E-state index in [1.54, 1.807) is 6.92 Å². The Morgan fingerprint density at radius 2 is 1.56 bits per heavy atom. The van der Waals surface area contributed by atoms with Gasteiger partial charge in [0.2, 0.25) is 0 Å². The highest BCUT2D eigenvalue weighted by Crippen LogP contribution is 2.53. The van der Waals surface area contributed by atoms with E-state index < -0.39 is 44.1 Å². The van der Waals surface area contributed by atoms with Crippen LogP contribution < -0.4 is 11.2 Å². The third kappa shape index (κ3) is 13.4. The molecule has 234 valence electrons. The lowest BCUT2D eigenvalue weighted by molar-refractivity contribution is -0.0477. The average Bonchev–Trinajstić information content (AvgIpc) is 3.35. The number of nitrogens with zero attached hydrogens (tertiary/aromatic N) is 2. The number of hydrogen-bond donors (Lipinski definition) is 2. The third-order valence-electron chi connectivity index (χ3n) is 7.29. The maximum absolute atomic E-state index is 13.4. The predicted molar refractivity (Wildman–Crippen MR) is 157 cm³/mol. The molecule has 1 aromatic heterocycles. The molecule has 0 saturated carbocycles. The summed E-state index contributed by atoms with van der Waals surface area (Å²) in [5.74, 6) is 0. The Balaban J connectivity index is 1.75. The smallest absolute Gasteiger partial charge is 0.394 e. The minimum absolute atomic E-state index is 0.00877. The van der Waals surface area contributed by atoms with Crippen LogP contribution in [0.2, 0.25) is 0 Å². The second-order valence-corrected chi connectivity index (χ2v) is 12.4. The molecular formula is C29H50N3O8P. The fourth-order valence-electron chi connectivity index (χ4n) is 4.89. The maximum Gasteiger partial charge on any atom is 0.475 e. The monoisotopic (exact) mass is 599 g/mol. The number of nitriles is 1. The molecule has 2 N–H and O–H groups in total. The second kappa shape index (κ2) is 20.2. The number of phosphoric ester groups is 1. The molecule has 0 amide bonds. The number of aromatic nitrogens is 2. The van der Waals surface area contributed by atoms with E-state index in [4.69, 9.17) is 23.6 Å². The lowest BCUT2D eigenvalue weighted by atomic mass is 10.0. The summed E-state index contributed by atoms with van der Waals surface area (Å²) in [6.45, 7) is 3.39. The van der Waals surface area contributed by atoms with Gasteiger partial charge in [-0.1, -0.05) is 90.4 Å². The Hall–Kier alpha value is -1.80. The van der Waals surface area contributed by atoms with E-state index in [1.165, 1.54) is 75.0 Å². The van der Waals surface area contributed by atoms with Gasteiger partial charge in [0, 0.05) is 18.2 Å². The number of aliphatic hydroxyl groups excluding tert-OH is 1. The van der Waals surface area contributed by atoms with Gasteiger partial charge in [-0.05, 0) is 13.3 Å². The molecule has 2 rings (SSSR count). The molecule has 0 aliphatic carbocycles. The summed E-state index contributed by atoms with van der Waals surface area (Å²) in [6.07, 6.45) is 15.9. The van der Waals surface area contributed by atoms with Crippen LogP contribution in [0.15, 0.2) is 15.8 Å². The number of aromatic amines is 1. The lowest BCUT2D eigenvalue weighted by Crippen LogP contribution is -2.33. The molecule has 0 bridgehead atoms. The fraction of sp³-hybridized carbons (Fsp3) is 0.828. The zero-order valence-corrected chi connectivity index (χ0v) is 25.8. The van der Waals surface area contributed by atoms with E-state index in [1.807, 2.05) is 6.07 Å². The highest BCUT2D eigenvalue weighted by Gasteiger charge is 2.42. The molecule has 1 aliphatic rings. The van der Waals surface area contributed by atoms with Crippen molar-refractivity contribution in [3.8, 4) is 6.07 Å². The van der Waals surface area contributed by atoms with Gasteiger partial charge >= 0.3 is 13.5 Å². The Bertz CT molecular complexity index is 1070. The topological polar surface area (TPSA) is 153 Å². The molecule has 11 nitrogen and oxygen atoms in total. The second-order valence-electron chi connectivity index (χ2n) is 10.8. The molecule has 2 heterocycles. The summed E-state index contributed by atoms with van der Waals surface area (Å²) in [7, 11) is -4.07. The number of H-pyrrole nitrogens is 1. The Kier molecular flexibility index (Phi) is 17.4. The van der Waals surface area contributed by atoms with Crippen molar-refractivity contribution in [2.75, 3.05) is 19.8 Å². The highest BCUT2D eigenvalue weighted by molar-refractivity contribution is 7.48. The molecule has 12 heteroatoms. The molecule has 1 saturated heterocycles. The van der Waals surface area contributed by atoms with Gasteiger partial charge in [0.05, 0.1) is 32.3 Å². The summed E-state index contributed by atoms with van der Waals surface area (Å²) < 4.78 is 37.1. The van der Waals surface area contributed by atoms with Crippen LogP contribution >= 0.6 is 7.82 Å². The van der Waals surface area contributed by atoms with Gasteiger partial charge in [-0.3, -0.25) is 27.9 Å². The molecule has 4 atom stereocenters. The average molecular weight is 600 g/mol. The van der Waals surface area contributed by atoms with Crippen molar-refractivity contribution in [1.29, 1.82) is 5.26 Å². The Morgan fingerprint density at radius 3 is 2.12 bits per heavy atom. The van der Waals surface area contributed by atoms with Gasteiger partial charge in [-0.2, -0.15) is 5.26 Å². The van der Waals surface area contributed by atoms with E-state index in [0.717, 1.165) is 19.3 Å². The first kappa shape index (κ1) is 35.4. The van der Waals surface area contributed by atoms with Crippen molar-refractivity contribution < 1.29 is 28.0 Å². The van der Waals surface area contributed by atoms with Crippen molar-refractivity contribution in [2.24, 2.45) is 0 Å². The van der Waals surface area contributed by atoms with Crippen molar-refractivity contribution >= 4 is 7.82 Å². The molecule has 0 aromatic carbocycles. The van der Waals surface area contributed by atoms with E-state index in [-0.39, 0.29) is 26.1 Å². The molecule has 1 unspecified atom stereocenters. The molecule has 1 aromatic rings. The zero-order chi connectivity index (χ0) is 29.9. The summed E-state index contributed by atoms with van der Waals surface area (Å²) in [5, 5.41) is 18.7. The van der Waals surface area contributed by atoms with Crippen LogP contribution in [0.25, 0.3) is 0 Å². The molecule has 0 spiro atoms. The van der Waals surface area contributed by atoms with E-state index in [9.17, 15) is 19.3 Å². The van der Waals surface area contributed by atoms with Crippen LogP contribution in [0.3, 0.4) is 0 Å². The Morgan fingerprint density at radius 1 is 1.00 bits per heavy atom. The van der Waals surface area contributed by atoms with Gasteiger partial charge in [-0.25, -0.2) is 9.36 Å². The number of unbranched alkanes of at least 4 members (excludes halogenated alkanes) is 13. The number of rotatable bonds is 23. The predicted octanol–water partition coefficient (Wildman–Crippen LogP) is 6.05. The van der Waals surface area contributed by atoms with Crippen LogP contribution in [0.1, 0.15) is 121 Å². The SMILES string of the molecule is CCCCCCCCCCCCCCCCOP(=O)(OCCC#N)O[C@H]1C[C@H](n2cc(C)c(=O)[nH]c2=O)O[C@@H]1CO. The number of phosphoric acid groups is 1. The van der Waals surface area contributed by atoms with Gasteiger partial charge in [-0.15, -0.1) is 0 Å². The summed E-state index contributed by atoms with van der Waals surface area (Å²) in [5.41, 5.74) is -0.839. The number of ether oxygens (including phenoxy) is 1. The van der Waals surface area contributed by atoms with E-state index >= 15 is 0 Å². The lowest BCUT2D eigenvalue weighted by Gasteiger charge is -2.23. The summed E-state index contributed by atoms with van der Waals surface area (Å²) in [6, 6.07) is 1.93. The number of aryl methyl sites for hydroxylation is 1. The zero-order valence-electron chi connectivity index (χ0n) is 24.9. The molecule has 1 aliphatic heterocycles. The van der Waals surface area contributed by atoms with E-state index in [2.05, 4.69) is 11.9 Å². The first-order valence-corrected chi connectivity index (χ1v) is 16.8. The van der Waals surface area contributed by atoms with Crippen molar-refractivity contribution in [1.82, 2.24) is 9.55 Å². The van der Waals surface area contributed by atoms with Crippen LogP contribution in [0.4, 0.5) is 0 Å². The van der Waals surface area contributed by atoms with Gasteiger partial charge in [0.25, 0.3) is 5.56 Å². The normalized spacial score (nSPS) is 20.2. The number of aliphatic hydroxyl groups is 1. The number of hydrogen-bond acceptors (Lipinski definition) is 9. The van der Waals surface area contributed by atoms with Crippen LogP contribution in [0, 0.1) is 18.3 Å². The first-order valence-electron chi connectivity index (χ1n) is 15.4. The van der Waals surface area contributed by atoms with Crippen molar-refractivity contribution in [2.45, 2.75) is 135 Å². The molecule has 0 radical (unpaired) electrons. The molecular weight excluding hydrogens is 549 g/mol. The Labute approximate surface area is 244 Å². The first-order chi connectivity index (χ1) is 19.8. The van der Waals surface area contributed by atoms with Crippen LogP contribution in [-0.4, -0.2) is 46.7 Å². The highest BCUT2D eigenvalue weighted by atomic mass is 31.2. The van der Waals surface area contributed by atoms with Crippen LogP contribution in [0.5, 0.6) is 0 Å². The number of nitrogens with one attached hydrogen (secondary N) is 1. The van der Waals surface area contributed by atoms with Gasteiger partial charge in [0.1, 0.15) is 18.4 Å². The largest absolute Gasteiger partial charge is 0.475 e.